The van der Waals surface area contributed by atoms with Gasteiger partial charge < -0.3 is 10.7 Å². The smallest absolute Gasteiger partial charge is 0.0556 e. The fourth-order valence-electron chi connectivity index (χ4n) is 4.38. The predicted molar refractivity (Wildman–Crippen MR) is 137 cm³/mol. The Kier molecular flexibility index (Phi) is 9.86. The summed E-state index contributed by atoms with van der Waals surface area (Å²) in [5, 5.41) is 3.51. The molecule has 2 aliphatic rings. The number of halogens is 2. The first-order chi connectivity index (χ1) is 15.0. The van der Waals surface area contributed by atoms with Crippen molar-refractivity contribution in [2.24, 2.45) is 11.6 Å². The molecule has 0 aromatic heterocycles. The van der Waals surface area contributed by atoms with Crippen LogP contribution in [-0.2, 0) is 5.41 Å². The third-order valence-electron chi connectivity index (χ3n) is 5.98. The Morgan fingerprint density at radius 2 is 1.71 bits per heavy atom. The number of fused-ring (bicyclic) bond motifs is 2. The molecule has 0 aliphatic carbocycles. The Hall–Kier alpha value is -1.56. The van der Waals surface area contributed by atoms with Gasteiger partial charge in [0.25, 0.3) is 0 Å². The van der Waals surface area contributed by atoms with Crippen LogP contribution in [0, 0.1) is 6.92 Å². The lowest BCUT2D eigenvalue weighted by atomic mass is 9.74. The van der Waals surface area contributed by atoms with Crippen LogP contribution in [0.4, 0.5) is 5.69 Å². The predicted octanol–water partition coefficient (Wildman–Crippen LogP) is 5.64. The van der Waals surface area contributed by atoms with Gasteiger partial charge in [0.2, 0.25) is 0 Å². The Balaban J connectivity index is 0.000000807. The number of likely N-dealkylation sites (tertiary alicyclic amines) is 1. The molecule has 2 heterocycles. The SMILES string of the molecule is CC.CN.Cc1cc(/C=C/CN2CCC3(CC2)CN(N)c2ccc(Cl)cc23)ccc1Cl. The van der Waals surface area contributed by atoms with E-state index < -0.39 is 0 Å². The Labute approximate surface area is 197 Å². The number of anilines is 1. The molecule has 1 fully saturated rings. The van der Waals surface area contributed by atoms with Crippen LogP contribution in [0.3, 0.4) is 0 Å². The fraction of sp³-hybridized carbons (Fsp3) is 0.440. The van der Waals surface area contributed by atoms with Gasteiger partial charge in [-0.25, -0.2) is 5.84 Å². The number of piperidine rings is 1. The third kappa shape index (κ3) is 6.03. The molecular weight excluding hydrogens is 427 g/mol. The molecule has 170 valence electrons. The van der Waals surface area contributed by atoms with E-state index in [2.05, 4.69) is 47.1 Å². The lowest BCUT2D eigenvalue weighted by Crippen LogP contribution is -2.46. The van der Waals surface area contributed by atoms with Gasteiger partial charge in [0.05, 0.1) is 5.69 Å². The van der Waals surface area contributed by atoms with Gasteiger partial charge in [-0.05, 0) is 80.9 Å². The van der Waals surface area contributed by atoms with Crippen LogP contribution in [-0.4, -0.2) is 38.1 Å². The Morgan fingerprint density at radius 1 is 1.03 bits per heavy atom. The standard InChI is InChI=1S/C22H25Cl2N3.C2H6.CH5N/c1-16-13-17(4-6-20(16)24)3-2-10-26-11-8-22(9-12-26)15-27(25)21-7-5-18(23)14-19(21)22;2*1-2/h2-7,13-14H,8-12,15,25H2,1H3;1-2H3;2H2,1H3/b3-2+;;. The molecule has 0 unspecified atom stereocenters. The molecule has 1 spiro atoms. The van der Waals surface area contributed by atoms with Gasteiger partial charge in [0.15, 0.2) is 0 Å². The highest BCUT2D eigenvalue weighted by Gasteiger charge is 2.43. The number of nitrogens with two attached hydrogens (primary N) is 2. The molecule has 0 bridgehead atoms. The van der Waals surface area contributed by atoms with Crippen molar-refractivity contribution in [3.05, 3.63) is 69.2 Å². The van der Waals surface area contributed by atoms with E-state index in [-0.39, 0.29) is 5.41 Å². The Bertz CT molecular complexity index is 874. The zero-order chi connectivity index (χ0) is 23.0. The van der Waals surface area contributed by atoms with Crippen LogP contribution in [0.25, 0.3) is 6.08 Å². The van der Waals surface area contributed by atoms with Crippen LogP contribution in [0.5, 0.6) is 0 Å². The van der Waals surface area contributed by atoms with Gasteiger partial charge in [0, 0.05) is 28.5 Å². The van der Waals surface area contributed by atoms with Crippen molar-refractivity contribution in [2.45, 2.75) is 39.0 Å². The van der Waals surface area contributed by atoms with Crippen LogP contribution < -0.4 is 16.6 Å². The Morgan fingerprint density at radius 3 is 2.35 bits per heavy atom. The normalized spacial score (nSPS) is 17.1. The lowest BCUT2D eigenvalue weighted by molar-refractivity contribution is 0.180. The second kappa shape index (κ2) is 11.9. The topological polar surface area (TPSA) is 58.5 Å². The highest BCUT2D eigenvalue weighted by molar-refractivity contribution is 6.31. The fourth-order valence-corrected chi connectivity index (χ4v) is 4.67. The summed E-state index contributed by atoms with van der Waals surface area (Å²) in [6.07, 6.45) is 6.65. The summed E-state index contributed by atoms with van der Waals surface area (Å²) < 4.78 is 0. The number of aryl methyl sites for hydroxylation is 1. The van der Waals surface area contributed by atoms with Crippen LogP contribution >= 0.6 is 23.2 Å². The number of hydrogen-bond acceptors (Lipinski definition) is 4. The maximum Gasteiger partial charge on any atom is 0.0556 e. The van der Waals surface area contributed by atoms with Crippen molar-refractivity contribution in [2.75, 3.05) is 38.2 Å². The quantitative estimate of drug-likeness (QED) is 0.578. The van der Waals surface area contributed by atoms with E-state index in [1.54, 1.807) is 0 Å². The van der Waals surface area contributed by atoms with Gasteiger partial charge in [-0.15, -0.1) is 0 Å². The molecule has 0 amide bonds. The number of hydrogen-bond donors (Lipinski definition) is 2. The maximum atomic E-state index is 6.26. The minimum Gasteiger partial charge on any atom is -0.333 e. The van der Waals surface area contributed by atoms with Crippen molar-refractivity contribution in [3.63, 3.8) is 0 Å². The van der Waals surface area contributed by atoms with Gasteiger partial charge in [0.1, 0.15) is 0 Å². The molecule has 4 rings (SSSR count). The summed E-state index contributed by atoms with van der Waals surface area (Å²) >= 11 is 12.4. The molecule has 4 N–H and O–H groups in total. The van der Waals surface area contributed by atoms with Crippen molar-refractivity contribution < 1.29 is 0 Å². The molecule has 1 saturated heterocycles. The first kappa shape index (κ1) is 25.7. The molecule has 0 atom stereocenters. The molecular formula is C25H36Cl2N4. The maximum absolute atomic E-state index is 6.26. The molecule has 0 radical (unpaired) electrons. The average molecular weight is 463 g/mol. The zero-order valence-electron chi connectivity index (χ0n) is 19.2. The first-order valence-electron chi connectivity index (χ1n) is 11.0. The van der Waals surface area contributed by atoms with E-state index in [0.29, 0.717) is 0 Å². The van der Waals surface area contributed by atoms with Crippen molar-refractivity contribution >= 4 is 35.0 Å². The van der Waals surface area contributed by atoms with Gasteiger partial charge in [-0.1, -0.05) is 61.3 Å². The van der Waals surface area contributed by atoms with Crippen molar-refractivity contribution in [1.82, 2.24) is 4.90 Å². The van der Waals surface area contributed by atoms with E-state index in [9.17, 15) is 0 Å². The van der Waals surface area contributed by atoms with Crippen molar-refractivity contribution in [3.8, 4) is 0 Å². The monoisotopic (exact) mass is 462 g/mol. The minimum atomic E-state index is 0.141. The molecule has 31 heavy (non-hydrogen) atoms. The van der Waals surface area contributed by atoms with Gasteiger partial charge in [-0.3, -0.25) is 4.90 Å². The summed E-state index contributed by atoms with van der Waals surface area (Å²) in [7, 11) is 1.50. The van der Waals surface area contributed by atoms with E-state index in [4.69, 9.17) is 29.0 Å². The molecule has 2 aliphatic heterocycles. The number of benzene rings is 2. The average Bonchev–Trinajstić information content (AvgIpc) is 3.05. The van der Waals surface area contributed by atoms with E-state index >= 15 is 0 Å². The van der Waals surface area contributed by atoms with Gasteiger partial charge >= 0.3 is 0 Å². The third-order valence-corrected chi connectivity index (χ3v) is 6.64. The van der Waals surface area contributed by atoms with Crippen molar-refractivity contribution in [1.29, 1.82) is 0 Å². The van der Waals surface area contributed by atoms with E-state index in [0.717, 1.165) is 60.3 Å². The summed E-state index contributed by atoms with van der Waals surface area (Å²) in [5.74, 6) is 6.26. The highest BCUT2D eigenvalue weighted by Crippen LogP contribution is 2.46. The molecule has 2 aromatic rings. The minimum absolute atomic E-state index is 0.141. The second-order valence-electron chi connectivity index (χ2n) is 7.78. The van der Waals surface area contributed by atoms with E-state index in [1.807, 2.05) is 37.9 Å². The number of rotatable bonds is 3. The molecule has 0 saturated carbocycles. The summed E-state index contributed by atoms with van der Waals surface area (Å²) in [5.41, 5.74) is 9.41. The van der Waals surface area contributed by atoms with Crippen LogP contribution in [0.1, 0.15) is 43.4 Å². The van der Waals surface area contributed by atoms with E-state index in [1.165, 1.54) is 18.2 Å². The molecule has 6 heteroatoms. The summed E-state index contributed by atoms with van der Waals surface area (Å²) in [6, 6.07) is 12.2. The largest absolute Gasteiger partial charge is 0.333 e. The molecule has 4 nitrogen and oxygen atoms in total. The van der Waals surface area contributed by atoms with Gasteiger partial charge in [-0.2, -0.15) is 0 Å². The second-order valence-corrected chi connectivity index (χ2v) is 8.62. The number of hydrazine groups is 1. The molecule has 2 aromatic carbocycles. The highest BCUT2D eigenvalue weighted by atomic mass is 35.5. The lowest BCUT2D eigenvalue weighted by Gasteiger charge is -2.39. The number of nitrogens with zero attached hydrogens (tertiary/aromatic N) is 2. The van der Waals surface area contributed by atoms with Crippen LogP contribution in [0.15, 0.2) is 42.5 Å². The zero-order valence-corrected chi connectivity index (χ0v) is 20.7. The van der Waals surface area contributed by atoms with Crippen LogP contribution in [0.2, 0.25) is 10.0 Å². The first-order valence-corrected chi connectivity index (χ1v) is 11.8. The summed E-state index contributed by atoms with van der Waals surface area (Å²) in [6.45, 7) is 10.0. The summed E-state index contributed by atoms with van der Waals surface area (Å²) in [4.78, 5) is 2.51.